The van der Waals surface area contributed by atoms with Crippen LogP contribution in [0.25, 0.3) is 21.9 Å². The number of aromatic hydroxyl groups is 1. The number of phenolic OH excluding ortho intramolecular Hbond substituents is 1. The number of hydrogen-bond acceptors (Lipinski definition) is 7. The molecule has 148 valence electrons. The first-order valence-electron chi connectivity index (χ1n) is 8.62. The summed E-state index contributed by atoms with van der Waals surface area (Å²) in [4.78, 5) is 20.3. The molecule has 0 bridgehead atoms. The fraction of sp³-hybridized carbons (Fsp3) is 0.150. The van der Waals surface area contributed by atoms with Gasteiger partial charge in [0.25, 0.3) is 5.56 Å². The van der Waals surface area contributed by atoms with Gasteiger partial charge < -0.3 is 24.3 Å². The predicted molar refractivity (Wildman–Crippen MR) is 109 cm³/mol. The van der Waals surface area contributed by atoms with Crippen molar-refractivity contribution in [1.29, 1.82) is 0 Å². The molecule has 4 aromatic rings. The molecule has 0 aliphatic rings. The first-order chi connectivity index (χ1) is 14.1. The van der Waals surface area contributed by atoms with Crippen LogP contribution in [0.15, 0.2) is 46.6 Å². The number of para-hydroxylation sites is 1. The standard InChI is InChI=1S/C20H18N4O5/c1-27-14-6-4-5-11(19(14)25)9-22-24-10-21-17-12-7-15(28-2)16(29-3)8-13(12)23-18(17)20(24)26/h4-10,23,25H,1-3H3/b22-9-. The number of benzene rings is 2. The molecular weight excluding hydrogens is 376 g/mol. The predicted octanol–water partition coefficient (Wildman–Crippen LogP) is 2.49. The molecule has 0 aliphatic carbocycles. The highest BCUT2D eigenvalue weighted by Crippen LogP contribution is 2.34. The van der Waals surface area contributed by atoms with Crippen molar-refractivity contribution in [1.82, 2.24) is 14.6 Å². The zero-order valence-electron chi connectivity index (χ0n) is 16.0. The van der Waals surface area contributed by atoms with E-state index in [1.807, 2.05) is 0 Å². The van der Waals surface area contributed by atoms with Crippen molar-refractivity contribution in [2.45, 2.75) is 0 Å². The summed E-state index contributed by atoms with van der Waals surface area (Å²) in [6.45, 7) is 0. The van der Waals surface area contributed by atoms with Gasteiger partial charge in [-0.3, -0.25) is 4.79 Å². The summed E-state index contributed by atoms with van der Waals surface area (Å²) >= 11 is 0. The summed E-state index contributed by atoms with van der Waals surface area (Å²) in [7, 11) is 4.54. The third-order valence-electron chi connectivity index (χ3n) is 4.56. The van der Waals surface area contributed by atoms with Gasteiger partial charge in [-0.1, -0.05) is 6.07 Å². The maximum absolute atomic E-state index is 12.9. The molecular formula is C20H18N4O5. The van der Waals surface area contributed by atoms with Gasteiger partial charge in [0.05, 0.1) is 33.1 Å². The van der Waals surface area contributed by atoms with Crippen LogP contribution in [-0.4, -0.2) is 47.3 Å². The quantitative estimate of drug-likeness (QED) is 0.503. The van der Waals surface area contributed by atoms with E-state index in [0.29, 0.717) is 39.4 Å². The number of hydrogen-bond donors (Lipinski definition) is 2. The number of H-pyrrole nitrogens is 1. The number of methoxy groups -OCH3 is 3. The maximum atomic E-state index is 12.9. The van der Waals surface area contributed by atoms with Crippen molar-refractivity contribution in [3.05, 3.63) is 52.6 Å². The molecule has 0 saturated heterocycles. The number of fused-ring (bicyclic) bond motifs is 3. The van der Waals surface area contributed by atoms with Gasteiger partial charge in [0.15, 0.2) is 23.0 Å². The first kappa shape index (κ1) is 18.4. The lowest BCUT2D eigenvalue weighted by Gasteiger charge is -2.06. The van der Waals surface area contributed by atoms with Crippen LogP contribution < -0.4 is 19.8 Å². The van der Waals surface area contributed by atoms with E-state index in [9.17, 15) is 9.90 Å². The van der Waals surface area contributed by atoms with E-state index in [0.717, 1.165) is 10.1 Å². The SMILES string of the molecule is COc1cc2[nH]c3c(=O)n(/N=C\c4cccc(OC)c4O)cnc3c2cc1OC. The van der Waals surface area contributed by atoms with Gasteiger partial charge in [-0.2, -0.15) is 9.78 Å². The van der Waals surface area contributed by atoms with E-state index in [2.05, 4.69) is 15.1 Å². The molecule has 0 fully saturated rings. The monoisotopic (exact) mass is 394 g/mol. The number of nitrogens with one attached hydrogen (secondary N) is 1. The lowest BCUT2D eigenvalue weighted by Crippen LogP contribution is -2.17. The number of nitrogens with zero attached hydrogens (tertiary/aromatic N) is 3. The van der Waals surface area contributed by atoms with E-state index in [1.54, 1.807) is 44.6 Å². The Morgan fingerprint density at radius 2 is 1.83 bits per heavy atom. The summed E-state index contributed by atoms with van der Waals surface area (Å²) in [5.74, 6) is 1.33. The Labute approximate surface area is 164 Å². The van der Waals surface area contributed by atoms with Crippen LogP contribution in [0.2, 0.25) is 0 Å². The van der Waals surface area contributed by atoms with E-state index in [4.69, 9.17) is 14.2 Å². The molecule has 0 saturated carbocycles. The Bertz CT molecular complexity index is 1310. The van der Waals surface area contributed by atoms with Crippen LogP contribution in [0.5, 0.6) is 23.0 Å². The Kier molecular flexibility index (Phi) is 4.55. The highest BCUT2D eigenvalue weighted by Gasteiger charge is 2.15. The van der Waals surface area contributed by atoms with Gasteiger partial charge in [0, 0.05) is 17.0 Å². The average Bonchev–Trinajstić information content (AvgIpc) is 3.11. The molecule has 0 radical (unpaired) electrons. The van der Waals surface area contributed by atoms with Crippen molar-refractivity contribution in [3.8, 4) is 23.0 Å². The first-order valence-corrected chi connectivity index (χ1v) is 8.62. The number of rotatable bonds is 5. The molecule has 9 nitrogen and oxygen atoms in total. The van der Waals surface area contributed by atoms with Gasteiger partial charge in [0.1, 0.15) is 17.4 Å². The Hall–Kier alpha value is -4.01. The van der Waals surface area contributed by atoms with Crippen molar-refractivity contribution < 1.29 is 19.3 Å². The molecule has 29 heavy (non-hydrogen) atoms. The van der Waals surface area contributed by atoms with E-state index in [-0.39, 0.29) is 11.3 Å². The molecule has 2 aromatic carbocycles. The van der Waals surface area contributed by atoms with Crippen molar-refractivity contribution in [2.75, 3.05) is 21.3 Å². The van der Waals surface area contributed by atoms with Crippen LogP contribution in [-0.2, 0) is 0 Å². The van der Waals surface area contributed by atoms with Crippen molar-refractivity contribution >= 4 is 28.2 Å². The Morgan fingerprint density at radius 1 is 1.10 bits per heavy atom. The highest BCUT2D eigenvalue weighted by atomic mass is 16.5. The second kappa shape index (κ2) is 7.19. The van der Waals surface area contributed by atoms with E-state index in [1.165, 1.54) is 19.7 Å². The van der Waals surface area contributed by atoms with E-state index >= 15 is 0 Å². The minimum Gasteiger partial charge on any atom is -0.504 e. The molecule has 0 atom stereocenters. The molecule has 0 spiro atoms. The summed E-state index contributed by atoms with van der Waals surface area (Å²) in [6, 6.07) is 8.50. The average molecular weight is 394 g/mol. The van der Waals surface area contributed by atoms with Gasteiger partial charge >= 0.3 is 0 Å². The molecule has 0 amide bonds. The largest absolute Gasteiger partial charge is 0.504 e. The highest BCUT2D eigenvalue weighted by molar-refractivity contribution is 6.05. The van der Waals surface area contributed by atoms with Gasteiger partial charge in [-0.05, 0) is 18.2 Å². The fourth-order valence-corrected chi connectivity index (χ4v) is 3.09. The topological polar surface area (TPSA) is 111 Å². The second-order valence-electron chi connectivity index (χ2n) is 6.14. The summed E-state index contributed by atoms with van der Waals surface area (Å²) in [5.41, 5.74) is 1.51. The third-order valence-corrected chi connectivity index (χ3v) is 4.56. The third kappa shape index (κ3) is 3.02. The zero-order valence-corrected chi connectivity index (χ0v) is 16.0. The van der Waals surface area contributed by atoms with Crippen molar-refractivity contribution in [3.63, 3.8) is 0 Å². The molecule has 9 heteroatoms. The van der Waals surface area contributed by atoms with Gasteiger partial charge in [0.2, 0.25) is 0 Å². The molecule has 2 aromatic heterocycles. The smallest absolute Gasteiger partial charge is 0.298 e. The van der Waals surface area contributed by atoms with Crippen LogP contribution in [0.1, 0.15) is 5.56 Å². The Balaban J connectivity index is 1.82. The van der Waals surface area contributed by atoms with E-state index < -0.39 is 0 Å². The minimum atomic E-state index is -0.386. The molecule has 0 unspecified atom stereocenters. The maximum Gasteiger partial charge on any atom is 0.298 e. The molecule has 2 heterocycles. The van der Waals surface area contributed by atoms with Crippen LogP contribution in [0.4, 0.5) is 0 Å². The van der Waals surface area contributed by atoms with Crippen molar-refractivity contribution in [2.24, 2.45) is 5.10 Å². The lowest BCUT2D eigenvalue weighted by molar-refractivity contribution is 0.356. The van der Waals surface area contributed by atoms with Crippen LogP contribution in [0.3, 0.4) is 0 Å². The fourth-order valence-electron chi connectivity index (χ4n) is 3.09. The summed E-state index contributed by atoms with van der Waals surface area (Å²) in [5, 5.41) is 15.0. The lowest BCUT2D eigenvalue weighted by atomic mass is 10.2. The number of ether oxygens (including phenoxy) is 3. The zero-order chi connectivity index (χ0) is 20.5. The van der Waals surface area contributed by atoms with Gasteiger partial charge in [-0.25, -0.2) is 4.98 Å². The van der Waals surface area contributed by atoms with Crippen LogP contribution >= 0.6 is 0 Å². The molecule has 2 N–H and O–H groups in total. The number of phenols is 1. The van der Waals surface area contributed by atoms with Gasteiger partial charge in [-0.15, -0.1) is 0 Å². The molecule has 0 aliphatic heterocycles. The minimum absolute atomic E-state index is 0.0642. The Morgan fingerprint density at radius 3 is 2.55 bits per heavy atom. The molecule has 4 rings (SSSR count). The normalized spacial score (nSPS) is 11.4. The summed E-state index contributed by atoms with van der Waals surface area (Å²) < 4.78 is 16.8. The number of aromatic nitrogens is 3. The summed E-state index contributed by atoms with van der Waals surface area (Å²) in [6.07, 6.45) is 2.68. The van der Waals surface area contributed by atoms with Crippen LogP contribution in [0, 0.1) is 0 Å². The number of aromatic amines is 1. The second-order valence-corrected chi connectivity index (χ2v) is 6.14.